The zero-order chi connectivity index (χ0) is 30.5. The van der Waals surface area contributed by atoms with Gasteiger partial charge in [-0.3, -0.25) is 0 Å². The van der Waals surface area contributed by atoms with Crippen LogP contribution in [-0.2, 0) is 0 Å². The zero-order valence-electron chi connectivity index (χ0n) is 25.1. The average molecular weight is 604 g/mol. The Morgan fingerprint density at radius 2 is 0.913 bits per heavy atom. The summed E-state index contributed by atoms with van der Waals surface area (Å²) in [7, 11) is 0. The van der Waals surface area contributed by atoms with Crippen LogP contribution in [0, 0.1) is 0 Å². The van der Waals surface area contributed by atoms with E-state index in [2.05, 4.69) is 181 Å². The molecule has 1 heterocycles. The first kappa shape index (κ1) is 26.7. The smallest absolute Gasteiger partial charge is 0.0640 e. The molecule has 46 heavy (non-hydrogen) atoms. The molecule has 9 rings (SSSR count). The Hall–Kier alpha value is -5.70. The molecule has 0 saturated heterocycles. The predicted molar refractivity (Wildman–Crippen MR) is 200 cm³/mol. The Bertz CT molecular complexity index is 2530. The third kappa shape index (κ3) is 4.30. The number of anilines is 3. The fraction of sp³-hybridized carbons (Fsp3) is 0. The molecule has 0 aliphatic rings. The summed E-state index contributed by atoms with van der Waals surface area (Å²) in [6.07, 6.45) is 0. The van der Waals surface area contributed by atoms with Crippen molar-refractivity contribution in [3.05, 3.63) is 176 Å². The number of rotatable bonds is 5. The lowest BCUT2D eigenvalue weighted by Crippen LogP contribution is -2.12. The minimum absolute atomic E-state index is 1.15. The third-order valence-electron chi connectivity index (χ3n) is 9.06. The first-order chi connectivity index (χ1) is 22.8. The Morgan fingerprint density at radius 3 is 1.80 bits per heavy atom. The number of thiophene rings is 1. The standard InChI is InChI=1S/C44H29NS/c1-2-14-31(15-3-1)34-23-10-18-32-19-11-24-37(43(32)34)35-21-6-8-26-40(35)45(39-27-12-17-30-16-4-5-20-33(30)39)41-28-13-25-38-36-22-7-9-29-42(36)46-44(38)41/h1-29H. The lowest BCUT2D eigenvalue weighted by Gasteiger charge is -2.30. The molecule has 0 bridgehead atoms. The van der Waals surface area contributed by atoms with E-state index in [4.69, 9.17) is 0 Å². The van der Waals surface area contributed by atoms with E-state index >= 15 is 0 Å². The lowest BCUT2D eigenvalue weighted by atomic mass is 9.90. The van der Waals surface area contributed by atoms with Gasteiger partial charge >= 0.3 is 0 Å². The number of hydrogen-bond acceptors (Lipinski definition) is 2. The van der Waals surface area contributed by atoms with Gasteiger partial charge in [-0.15, -0.1) is 11.3 Å². The van der Waals surface area contributed by atoms with Crippen molar-refractivity contribution in [2.45, 2.75) is 0 Å². The summed E-state index contributed by atoms with van der Waals surface area (Å²) in [5.41, 5.74) is 8.39. The predicted octanol–water partition coefficient (Wildman–Crippen LogP) is 13.2. The van der Waals surface area contributed by atoms with Crippen molar-refractivity contribution >= 4 is 70.1 Å². The molecule has 0 atom stereocenters. The number of benzene rings is 8. The van der Waals surface area contributed by atoms with Crippen LogP contribution in [0.5, 0.6) is 0 Å². The second-order valence-corrected chi connectivity index (χ2v) is 12.7. The fourth-order valence-electron chi connectivity index (χ4n) is 7.02. The Labute approximate surface area is 272 Å². The summed E-state index contributed by atoms with van der Waals surface area (Å²) in [6.45, 7) is 0. The fourth-order valence-corrected chi connectivity index (χ4v) is 8.23. The second-order valence-electron chi connectivity index (χ2n) is 11.7. The van der Waals surface area contributed by atoms with Crippen molar-refractivity contribution < 1.29 is 0 Å². The molecular weight excluding hydrogens is 575 g/mol. The molecular formula is C44H29NS. The SMILES string of the molecule is c1ccc(-c2cccc3cccc(-c4ccccc4N(c4cccc5ccccc45)c4cccc5c4sc4ccccc45)c23)cc1. The molecule has 0 saturated carbocycles. The second kappa shape index (κ2) is 11.0. The van der Waals surface area contributed by atoms with Crippen molar-refractivity contribution in [2.24, 2.45) is 0 Å². The van der Waals surface area contributed by atoms with Crippen LogP contribution in [-0.4, -0.2) is 0 Å². The van der Waals surface area contributed by atoms with Crippen molar-refractivity contribution in [3.63, 3.8) is 0 Å². The highest BCUT2D eigenvalue weighted by Crippen LogP contribution is 2.49. The molecule has 0 unspecified atom stereocenters. The number of hydrogen-bond donors (Lipinski definition) is 0. The highest BCUT2D eigenvalue weighted by Gasteiger charge is 2.23. The van der Waals surface area contributed by atoms with Gasteiger partial charge in [0.15, 0.2) is 0 Å². The maximum absolute atomic E-state index is 2.50. The van der Waals surface area contributed by atoms with Gasteiger partial charge in [0.05, 0.1) is 21.8 Å². The Balaban J connectivity index is 1.38. The quantitative estimate of drug-likeness (QED) is 0.189. The van der Waals surface area contributed by atoms with Crippen molar-refractivity contribution in [1.82, 2.24) is 0 Å². The molecule has 0 radical (unpaired) electrons. The number of para-hydroxylation sites is 1. The molecule has 1 nitrogen and oxygen atoms in total. The van der Waals surface area contributed by atoms with Crippen LogP contribution in [0.4, 0.5) is 17.1 Å². The lowest BCUT2D eigenvalue weighted by molar-refractivity contribution is 1.32. The van der Waals surface area contributed by atoms with E-state index in [1.807, 2.05) is 11.3 Å². The minimum atomic E-state index is 1.15. The topological polar surface area (TPSA) is 3.24 Å². The first-order valence-corrected chi connectivity index (χ1v) is 16.5. The average Bonchev–Trinajstić information content (AvgIpc) is 3.52. The third-order valence-corrected chi connectivity index (χ3v) is 10.3. The molecule has 0 N–H and O–H groups in total. The largest absolute Gasteiger partial charge is 0.308 e. The maximum Gasteiger partial charge on any atom is 0.0640 e. The maximum atomic E-state index is 2.50. The van der Waals surface area contributed by atoms with Crippen molar-refractivity contribution in [1.29, 1.82) is 0 Å². The van der Waals surface area contributed by atoms with E-state index in [9.17, 15) is 0 Å². The normalized spacial score (nSPS) is 11.5. The highest BCUT2D eigenvalue weighted by molar-refractivity contribution is 7.26. The molecule has 1 aromatic heterocycles. The molecule has 0 aliphatic carbocycles. The van der Waals surface area contributed by atoms with Gasteiger partial charge in [0, 0.05) is 26.4 Å². The van der Waals surface area contributed by atoms with Gasteiger partial charge in [0.25, 0.3) is 0 Å². The molecule has 0 fully saturated rings. The van der Waals surface area contributed by atoms with Gasteiger partial charge in [-0.25, -0.2) is 0 Å². The summed E-state index contributed by atoms with van der Waals surface area (Å²) in [5, 5.41) is 7.54. The van der Waals surface area contributed by atoms with E-state index in [0.717, 1.165) is 5.69 Å². The van der Waals surface area contributed by atoms with Crippen LogP contribution in [0.2, 0.25) is 0 Å². The first-order valence-electron chi connectivity index (χ1n) is 15.7. The summed E-state index contributed by atoms with van der Waals surface area (Å²) in [5.74, 6) is 0. The van der Waals surface area contributed by atoms with E-state index < -0.39 is 0 Å². The van der Waals surface area contributed by atoms with E-state index in [0.29, 0.717) is 0 Å². The Kier molecular flexibility index (Phi) is 6.40. The molecule has 2 heteroatoms. The molecule has 0 spiro atoms. The van der Waals surface area contributed by atoms with Crippen LogP contribution in [0.3, 0.4) is 0 Å². The summed E-state index contributed by atoms with van der Waals surface area (Å²) in [4.78, 5) is 2.50. The van der Waals surface area contributed by atoms with Gasteiger partial charge < -0.3 is 4.90 Å². The van der Waals surface area contributed by atoms with Gasteiger partial charge in [-0.05, 0) is 57.1 Å². The van der Waals surface area contributed by atoms with Gasteiger partial charge in [-0.1, -0.05) is 152 Å². The molecule has 216 valence electrons. The van der Waals surface area contributed by atoms with Crippen LogP contribution in [0.15, 0.2) is 176 Å². The van der Waals surface area contributed by atoms with Crippen LogP contribution in [0.1, 0.15) is 0 Å². The zero-order valence-corrected chi connectivity index (χ0v) is 25.9. The van der Waals surface area contributed by atoms with Crippen LogP contribution < -0.4 is 4.90 Å². The molecule has 8 aromatic carbocycles. The van der Waals surface area contributed by atoms with Gasteiger partial charge in [0.1, 0.15) is 0 Å². The summed E-state index contributed by atoms with van der Waals surface area (Å²) in [6, 6.07) is 63.9. The highest BCUT2D eigenvalue weighted by atomic mass is 32.1. The summed E-state index contributed by atoms with van der Waals surface area (Å²) < 4.78 is 2.59. The number of nitrogens with zero attached hydrogens (tertiary/aromatic N) is 1. The summed E-state index contributed by atoms with van der Waals surface area (Å²) >= 11 is 1.87. The number of fused-ring (bicyclic) bond motifs is 5. The van der Waals surface area contributed by atoms with E-state index in [1.54, 1.807) is 0 Å². The van der Waals surface area contributed by atoms with Crippen molar-refractivity contribution in [2.75, 3.05) is 4.90 Å². The van der Waals surface area contributed by atoms with Crippen molar-refractivity contribution in [3.8, 4) is 22.3 Å². The minimum Gasteiger partial charge on any atom is -0.308 e. The van der Waals surface area contributed by atoms with Gasteiger partial charge in [-0.2, -0.15) is 0 Å². The monoisotopic (exact) mass is 603 g/mol. The molecule has 9 aromatic rings. The van der Waals surface area contributed by atoms with E-state index in [-0.39, 0.29) is 0 Å². The molecule has 0 amide bonds. The molecule has 0 aliphatic heterocycles. The van der Waals surface area contributed by atoms with Crippen LogP contribution in [0.25, 0.3) is 64.0 Å². The van der Waals surface area contributed by atoms with E-state index in [1.165, 1.54) is 75.3 Å². The Morgan fingerprint density at radius 1 is 0.348 bits per heavy atom. The van der Waals surface area contributed by atoms with Crippen LogP contribution >= 0.6 is 11.3 Å². The van der Waals surface area contributed by atoms with Gasteiger partial charge in [0.2, 0.25) is 0 Å².